The Morgan fingerprint density at radius 3 is 1.13 bits per heavy atom. The standard InChI is InChI=1S/C38H32/c1-3-27-13-17-29(18-14-27)21-23-31-25-37-36-12-8-6-10-34(36)32(24-22-30-19-15-28(4-2)16-20-30)26-38(37)35-11-7-5-9-33(31)35/h5-26H,3-4H2,1-2H3/b23-21+,24-22+. The molecular weight excluding hydrogens is 456 g/mol. The molecule has 184 valence electrons. The molecule has 0 amide bonds. The van der Waals surface area contributed by atoms with Crippen molar-refractivity contribution in [2.24, 2.45) is 0 Å². The van der Waals surface area contributed by atoms with Crippen molar-refractivity contribution in [3.63, 3.8) is 0 Å². The molecule has 0 fully saturated rings. The summed E-state index contributed by atoms with van der Waals surface area (Å²) >= 11 is 0. The fraction of sp³-hybridized carbons (Fsp3) is 0.105. The lowest BCUT2D eigenvalue weighted by atomic mass is 9.91. The Balaban J connectivity index is 1.51. The van der Waals surface area contributed by atoms with Crippen LogP contribution in [0.25, 0.3) is 56.6 Å². The molecule has 0 aliphatic rings. The third kappa shape index (κ3) is 4.66. The predicted octanol–water partition coefficient (Wildman–Crippen LogP) is 10.6. The van der Waals surface area contributed by atoms with Crippen molar-refractivity contribution in [3.05, 3.63) is 143 Å². The maximum absolute atomic E-state index is 2.37. The zero-order valence-electron chi connectivity index (χ0n) is 22.1. The van der Waals surface area contributed by atoms with Crippen LogP contribution < -0.4 is 0 Å². The summed E-state index contributed by atoms with van der Waals surface area (Å²) < 4.78 is 0. The lowest BCUT2D eigenvalue weighted by molar-refractivity contribution is 1.14. The lowest BCUT2D eigenvalue weighted by Crippen LogP contribution is -1.87. The zero-order chi connectivity index (χ0) is 25.9. The Morgan fingerprint density at radius 1 is 0.395 bits per heavy atom. The van der Waals surface area contributed by atoms with Gasteiger partial charge in [0.25, 0.3) is 0 Å². The van der Waals surface area contributed by atoms with Gasteiger partial charge in [-0.2, -0.15) is 0 Å². The van der Waals surface area contributed by atoms with Gasteiger partial charge in [0.05, 0.1) is 0 Å². The minimum absolute atomic E-state index is 1.06. The Bertz CT molecular complexity index is 1660. The van der Waals surface area contributed by atoms with E-state index in [1.807, 2.05) is 0 Å². The van der Waals surface area contributed by atoms with E-state index in [4.69, 9.17) is 0 Å². The molecule has 0 saturated heterocycles. The van der Waals surface area contributed by atoms with Gasteiger partial charge in [0.1, 0.15) is 0 Å². The summed E-state index contributed by atoms with van der Waals surface area (Å²) in [5, 5.41) is 7.73. The topological polar surface area (TPSA) is 0 Å². The van der Waals surface area contributed by atoms with E-state index in [1.165, 1.54) is 65.7 Å². The molecule has 0 heteroatoms. The first kappa shape index (κ1) is 23.9. The van der Waals surface area contributed by atoms with Crippen LogP contribution in [0.15, 0.2) is 109 Å². The quantitative estimate of drug-likeness (QED) is 0.161. The molecule has 0 N–H and O–H groups in total. The first-order valence-corrected chi connectivity index (χ1v) is 13.6. The highest BCUT2D eigenvalue weighted by molar-refractivity contribution is 6.21. The lowest BCUT2D eigenvalue weighted by Gasteiger charge is -2.13. The highest BCUT2D eigenvalue weighted by Gasteiger charge is 2.10. The molecule has 0 heterocycles. The van der Waals surface area contributed by atoms with Crippen molar-refractivity contribution in [2.45, 2.75) is 26.7 Å². The Labute approximate surface area is 225 Å². The molecular formula is C38H32. The third-order valence-electron chi connectivity index (χ3n) is 7.63. The van der Waals surface area contributed by atoms with Crippen LogP contribution in [0, 0.1) is 0 Å². The number of rotatable bonds is 6. The van der Waals surface area contributed by atoms with Crippen LogP contribution >= 0.6 is 0 Å². The van der Waals surface area contributed by atoms with Crippen molar-refractivity contribution in [1.29, 1.82) is 0 Å². The van der Waals surface area contributed by atoms with Crippen molar-refractivity contribution in [2.75, 3.05) is 0 Å². The van der Waals surface area contributed by atoms with Gasteiger partial charge in [-0.1, -0.05) is 135 Å². The van der Waals surface area contributed by atoms with Crippen molar-refractivity contribution in [1.82, 2.24) is 0 Å². The predicted molar refractivity (Wildman–Crippen MR) is 168 cm³/mol. The van der Waals surface area contributed by atoms with Gasteiger partial charge in [0, 0.05) is 0 Å². The Kier molecular flexibility index (Phi) is 6.63. The molecule has 0 saturated carbocycles. The van der Waals surface area contributed by atoms with Crippen molar-refractivity contribution >= 4 is 56.6 Å². The van der Waals surface area contributed by atoms with E-state index < -0.39 is 0 Å². The summed E-state index contributed by atoms with van der Waals surface area (Å²) in [4.78, 5) is 0. The highest BCUT2D eigenvalue weighted by atomic mass is 14.1. The molecule has 0 atom stereocenters. The van der Waals surface area contributed by atoms with Gasteiger partial charge < -0.3 is 0 Å². The maximum atomic E-state index is 2.37. The number of benzene rings is 6. The Hall–Kier alpha value is -4.42. The van der Waals surface area contributed by atoms with Gasteiger partial charge in [-0.25, -0.2) is 0 Å². The van der Waals surface area contributed by atoms with E-state index in [-0.39, 0.29) is 0 Å². The molecule has 0 bridgehead atoms. The molecule has 0 aliphatic carbocycles. The maximum Gasteiger partial charge on any atom is -0.00926 e. The Morgan fingerprint density at radius 2 is 0.763 bits per heavy atom. The van der Waals surface area contributed by atoms with E-state index in [9.17, 15) is 0 Å². The van der Waals surface area contributed by atoms with Crippen LogP contribution in [0.3, 0.4) is 0 Å². The molecule has 0 radical (unpaired) electrons. The average Bonchev–Trinajstić information content (AvgIpc) is 2.99. The van der Waals surface area contributed by atoms with E-state index in [0.717, 1.165) is 12.8 Å². The number of fused-ring (bicyclic) bond motifs is 5. The number of hydrogen-bond donors (Lipinski definition) is 0. The van der Waals surface area contributed by atoms with Gasteiger partial charge in [0.2, 0.25) is 0 Å². The van der Waals surface area contributed by atoms with Gasteiger partial charge in [-0.3, -0.25) is 0 Å². The van der Waals surface area contributed by atoms with Gasteiger partial charge in [-0.05, 0) is 90.7 Å². The fourth-order valence-electron chi connectivity index (χ4n) is 5.38. The summed E-state index contributed by atoms with van der Waals surface area (Å²) in [6.07, 6.45) is 11.1. The SMILES string of the molecule is CCc1ccc(/C=C/c2cc3c4ccccc4c(/C=C/c4ccc(CC)cc4)cc3c3ccccc23)cc1. The summed E-state index contributed by atoms with van der Waals surface area (Å²) in [6.45, 7) is 4.39. The minimum atomic E-state index is 1.06. The van der Waals surface area contributed by atoms with Crippen LogP contribution in [0.4, 0.5) is 0 Å². The minimum Gasteiger partial charge on any atom is -0.0616 e. The van der Waals surface area contributed by atoms with Gasteiger partial charge in [0.15, 0.2) is 0 Å². The summed E-state index contributed by atoms with van der Waals surface area (Å²) in [5.74, 6) is 0. The molecule has 0 nitrogen and oxygen atoms in total. The third-order valence-corrected chi connectivity index (χ3v) is 7.63. The molecule has 0 unspecified atom stereocenters. The smallest absolute Gasteiger partial charge is 0.00926 e. The van der Waals surface area contributed by atoms with Crippen molar-refractivity contribution in [3.8, 4) is 0 Å². The second kappa shape index (κ2) is 10.5. The van der Waals surface area contributed by atoms with Crippen LogP contribution in [0.1, 0.15) is 47.2 Å². The number of hydrogen-bond acceptors (Lipinski definition) is 0. The summed E-state index contributed by atoms with van der Waals surface area (Å²) in [5.41, 5.74) is 7.68. The first-order valence-electron chi connectivity index (χ1n) is 13.6. The normalized spacial score (nSPS) is 11.9. The summed E-state index contributed by atoms with van der Waals surface area (Å²) in [7, 11) is 0. The van der Waals surface area contributed by atoms with Crippen molar-refractivity contribution < 1.29 is 0 Å². The molecule has 38 heavy (non-hydrogen) atoms. The van der Waals surface area contributed by atoms with Gasteiger partial charge in [-0.15, -0.1) is 0 Å². The summed E-state index contributed by atoms with van der Waals surface area (Å²) in [6, 6.07) is 40.1. The van der Waals surface area contributed by atoms with E-state index in [2.05, 4.69) is 147 Å². The molecule has 6 rings (SSSR count). The van der Waals surface area contributed by atoms with E-state index >= 15 is 0 Å². The number of aryl methyl sites for hydroxylation is 2. The second-order valence-electron chi connectivity index (χ2n) is 9.97. The van der Waals surface area contributed by atoms with Crippen LogP contribution in [0.5, 0.6) is 0 Å². The molecule has 6 aromatic carbocycles. The van der Waals surface area contributed by atoms with Crippen LogP contribution in [-0.2, 0) is 12.8 Å². The zero-order valence-corrected chi connectivity index (χ0v) is 22.1. The average molecular weight is 489 g/mol. The fourth-order valence-corrected chi connectivity index (χ4v) is 5.38. The molecule has 0 aromatic heterocycles. The van der Waals surface area contributed by atoms with E-state index in [0.29, 0.717) is 0 Å². The largest absolute Gasteiger partial charge is 0.0616 e. The van der Waals surface area contributed by atoms with Crippen LogP contribution in [-0.4, -0.2) is 0 Å². The molecule has 0 spiro atoms. The molecule has 6 aromatic rings. The van der Waals surface area contributed by atoms with Crippen LogP contribution in [0.2, 0.25) is 0 Å². The van der Waals surface area contributed by atoms with Gasteiger partial charge >= 0.3 is 0 Å². The van der Waals surface area contributed by atoms with E-state index in [1.54, 1.807) is 0 Å². The second-order valence-corrected chi connectivity index (χ2v) is 9.97. The monoisotopic (exact) mass is 488 g/mol. The highest BCUT2D eigenvalue weighted by Crippen LogP contribution is 2.36. The first-order chi connectivity index (χ1) is 18.7. The molecule has 0 aliphatic heterocycles.